The number of carbonyl (C=O) groups is 1. The summed E-state index contributed by atoms with van der Waals surface area (Å²) in [4.78, 5) is 10.9. The van der Waals surface area contributed by atoms with Crippen molar-refractivity contribution in [3.63, 3.8) is 0 Å². The predicted octanol–water partition coefficient (Wildman–Crippen LogP) is 1.91. The lowest BCUT2D eigenvalue weighted by Gasteiger charge is -2.12. The molecule has 0 saturated heterocycles. The highest BCUT2D eigenvalue weighted by atomic mass is 16.5. The van der Waals surface area contributed by atoms with Crippen LogP contribution in [0, 0.1) is 11.3 Å². The highest BCUT2D eigenvalue weighted by Crippen LogP contribution is 2.18. The van der Waals surface area contributed by atoms with E-state index >= 15 is 0 Å². The number of nitriles is 1. The number of ketones is 1. The van der Waals surface area contributed by atoms with Crippen molar-refractivity contribution in [1.29, 1.82) is 5.26 Å². The topological polar surface area (TPSA) is 50.1 Å². The predicted molar refractivity (Wildman–Crippen MR) is 51.9 cm³/mol. The van der Waals surface area contributed by atoms with Gasteiger partial charge in [0.2, 0.25) is 0 Å². The van der Waals surface area contributed by atoms with E-state index in [0.29, 0.717) is 11.3 Å². The highest BCUT2D eigenvalue weighted by molar-refractivity contribution is 5.80. The Labute approximate surface area is 82.9 Å². The number of para-hydroxylation sites is 1. The molecule has 0 radical (unpaired) electrons. The van der Waals surface area contributed by atoms with Crippen molar-refractivity contribution >= 4 is 5.78 Å². The summed E-state index contributed by atoms with van der Waals surface area (Å²) in [5, 5.41) is 8.75. The summed E-state index contributed by atoms with van der Waals surface area (Å²) in [6, 6.07) is 8.86. The van der Waals surface area contributed by atoms with Crippen molar-refractivity contribution in [1.82, 2.24) is 0 Å². The summed E-state index contributed by atoms with van der Waals surface area (Å²) in [6.45, 7) is 3.12. The lowest BCUT2D eigenvalue weighted by Crippen LogP contribution is -2.21. The van der Waals surface area contributed by atoms with Gasteiger partial charge in [-0.3, -0.25) is 4.79 Å². The third-order valence-electron chi connectivity index (χ3n) is 1.88. The molecule has 0 aliphatic heterocycles. The van der Waals surface area contributed by atoms with E-state index < -0.39 is 6.10 Å². The van der Waals surface area contributed by atoms with E-state index in [1.165, 1.54) is 6.92 Å². The molecule has 72 valence electrons. The second-order valence-corrected chi connectivity index (χ2v) is 2.98. The van der Waals surface area contributed by atoms with Crippen molar-refractivity contribution in [3.05, 3.63) is 29.8 Å². The van der Waals surface area contributed by atoms with Gasteiger partial charge in [0.1, 0.15) is 11.8 Å². The number of nitrogens with zero attached hydrogens (tertiary/aromatic N) is 1. The van der Waals surface area contributed by atoms with Gasteiger partial charge < -0.3 is 4.74 Å². The van der Waals surface area contributed by atoms with Crippen LogP contribution >= 0.6 is 0 Å². The number of hydrogen-bond acceptors (Lipinski definition) is 3. The number of carbonyl (C=O) groups excluding carboxylic acids is 1. The zero-order valence-electron chi connectivity index (χ0n) is 8.15. The van der Waals surface area contributed by atoms with Gasteiger partial charge in [0.25, 0.3) is 0 Å². The Morgan fingerprint density at radius 3 is 2.71 bits per heavy atom. The van der Waals surface area contributed by atoms with Gasteiger partial charge in [0.15, 0.2) is 11.9 Å². The molecule has 1 rings (SSSR count). The summed E-state index contributed by atoms with van der Waals surface area (Å²) in [6.07, 6.45) is -0.510. The molecule has 0 fully saturated rings. The quantitative estimate of drug-likeness (QED) is 0.729. The van der Waals surface area contributed by atoms with Gasteiger partial charge in [-0.25, -0.2) is 0 Å². The zero-order valence-corrected chi connectivity index (χ0v) is 8.15. The van der Waals surface area contributed by atoms with Crippen LogP contribution in [0.4, 0.5) is 0 Å². The lowest BCUT2D eigenvalue weighted by atomic mass is 10.2. The molecule has 0 aliphatic rings. The molecule has 3 heteroatoms. The first-order valence-corrected chi connectivity index (χ1v) is 4.31. The minimum Gasteiger partial charge on any atom is -0.482 e. The first-order chi connectivity index (χ1) is 6.65. The van der Waals surface area contributed by atoms with Crippen molar-refractivity contribution in [2.24, 2.45) is 0 Å². The second kappa shape index (κ2) is 4.43. The molecule has 0 N–H and O–H groups in total. The Balaban J connectivity index is 2.87. The molecule has 1 aromatic rings. The minimum absolute atomic E-state index is 0.0576. The number of rotatable bonds is 3. The summed E-state index contributed by atoms with van der Waals surface area (Å²) < 4.78 is 5.33. The van der Waals surface area contributed by atoms with Crippen LogP contribution in [-0.2, 0) is 4.79 Å². The van der Waals surface area contributed by atoms with Crippen molar-refractivity contribution in [3.8, 4) is 11.8 Å². The Morgan fingerprint density at radius 1 is 1.50 bits per heavy atom. The molecule has 0 bridgehead atoms. The van der Waals surface area contributed by atoms with Crippen molar-refractivity contribution < 1.29 is 9.53 Å². The molecule has 1 atom stereocenters. The fourth-order valence-electron chi connectivity index (χ4n) is 0.935. The molecule has 3 nitrogen and oxygen atoms in total. The lowest BCUT2D eigenvalue weighted by molar-refractivity contribution is -0.122. The van der Waals surface area contributed by atoms with E-state index in [-0.39, 0.29) is 5.78 Å². The molecule has 0 aliphatic carbocycles. The van der Waals surface area contributed by atoms with Crippen LogP contribution in [0.1, 0.15) is 19.4 Å². The molecule has 0 aromatic heterocycles. The molecule has 1 aromatic carbocycles. The Hall–Kier alpha value is -1.82. The van der Waals surface area contributed by atoms with Crippen LogP contribution in [0.3, 0.4) is 0 Å². The minimum atomic E-state index is -0.510. The van der Waals surface area contributed by atoms with E-state index in [2.05, 4.69) is 0 Å². The monoisotopic (exact) mass is 189 g/mol. The maximum atomic E-state index is 10.9. The van der Waals surface area contributed by atoms with Crippen LogP contribution in [-0.4, -0.2) is 11.9 Å². The van der Waals surface area contributed by atoms with E-state index in [4.69, 9.17) is 10.00 Å². The van der Waals surface area contributed by atoms with Crippen LogP contribution < -0.4 is 4.74 Å². The van der Waals surface area contributed by atoms with E-state index in [1.54, 1.807) is 31.2 Å². The standard InChI is InChI=1S/C11H11NO2/c1-8(13)9(2)14-11-6-4-3-5-10(11)7-12/h3-6,9H,1-2H3. The molecule has 1 unspecified atom stereocenters. The molecule has 0 heterocycles. The van der Waals surface area contributed by atoms with Crippen LogP contribution in [0.2, 0.25) is 0 Å². The number of ether oxygens (including phenoxy) is 1. The van der Waals surface area contributed by atoms with Crippen molar-refractivity contribution in [2.75, 3.05) is 0 Å². The first kappa shape index (κ1) is 10.3. The fraction of sp³-hybridized carbons (Fsp3) is 0.273. The zero-order chi connectivity index (χ0) is 10.6. The summed E-state index contributed by atoms with van der Waals surface area (Å²) in [7, 11) is 0. The largest absolute Gasteiger partial charge is 0.482 e. The van der Waals surface area contributed by atoms with Crippen molar-refractivity contribution in [2.45, 2.75) is 20.0 Å². The smallest absolute Gasteiger partial charge is 0.169 e. The van der Waals surface area contributed by atoms with E-state index in [1.807, 2.05) is 6.07 Å². The van der Waals surface area contributed by atoms with Crippen LogP contribution in [0.15, 0.2) is 24.3 Å². The highest BCUT2D eigenvalue weighted by Gasteiger charge is 2.11. The van der Waals surface area contributed by atoms with E-state index in [9.17, 15) is 4.79 Å². The van der Waals surface area contributed by atoms with Gasteiger partial charge in [0.05, 0.1) is 5.56 Å². The number of benzene rings is 1. The number of Topliss-reactive ketones (excluding diaryl/α,β-unsaturated/α-hetero) is 1. The Morgan fingerprint density at radius 2 is 2.14 bits per heavy atom. The maximum absolute atomic E-state index is 10.9. The summed E-state index contributed by atoms with van der Waals surface area (Å²) in [5.74, 6) is 0.399. The molecule has 0 saturated carbocycles. The van der Waals surface area contributed by atoms with Gasteiger partial charge in [0, 0.05) is 0 Å². The third kappa shape index (κ3) is 2.33. The molecule has 0 spiro atoms. The molecular weight excluding hydrogens is 178 g/mol. The Bertz CT molecular complexity index is 379. The molecule has 14 heavy (non-hydrogen) atoms. The SMILES string of the molecule is CC(=O)C(C)Oc1ccccc1C#N. The Kier molecular flexibility index (Phi) is 3.24. The van der Waals surface area contributed by atoms with Crippen LogP contribution in [0.5, 0.6) is 5.75 Å². The summed E-state index contributed by atoms with van der Waals surface area (Å²) >= 11 is 0. The summed E-state index contributed by atoms with van der Waals surface area (Å²) in [5.41, 5.74) is 0.445. The first-order valence-electron chi connectivity index (χ1n) is 4.31. The van der Waals surface area contributed by atoms with Gasteiger partial charge in [-0.1, -0.05) is 12.1 Å². The van der Waals surface area contributed by atoms with Gasteiger partial charge in [-0.05, 0) is 26.0 Å². The van der Waals surface area contributed by atoms with Gasteiger partial charge in [-0.15, -0.1) is 0 Å². The molecular formula is C11H11NO2. The average molecular weight is 189 g/mol. The van der Waals surface area contributed by atoms with Gasteiger partial charge >= 0.3 is 0 Å². The number of hydrogen-bond donors (Lipinski definition) is 0. The van der Waals surface area contributed by atoms with Crippen LogP contribution in [0.25, 0.3) is 0 Å². The third-order valence-corrected chi connectivity index (χ3v) is 1.88. The van der Waals surface area contributed by atoms with E-state index in [0.717, 1.165) is 0 Å². The maximum Gasteiger partial charge on any atom is 0.169 e. The second-order valence-electron chi connectivity index (χ2n) is 2.98. The average Bonchev–Trinajstić information content (AvgIpc) is 2.18. The molecule has 0 amide bonds. The fourth-order valence-corrected chi connectivity index (χ4v) is 0.935. The normalized spacial score (nSPS) is 11.5. The van der Waals surface area contributed by atoms with Gasteiger partial charge in [-0.2, -0.15) is 5.26 Å².